The summed E-state index contributed by atoms with van der Waals surface area (Å²) in [6, 6.07) is -0.667. The average molecular weight is 566 g/mol. The first kappa shape index (κ1) is 33.6. The first-order valence-electron chi connectivity index (χ1n) is 15.6. The van der Waals surface area contributed by atoms with Crippen LogP contribution < -0.4 is 22.2 Å². The molecule has 11 heteroatoms. The number of rotatable bonds is 17. The summed E-state index contributed by atoms with van der Waals surface area (Å²) in [4.78, 5) is 45.9. The molecular weight excluding hydrogens is 510 g/mol. The number of hydrogen-bond donors (Lipinski definition) is 4. The van der Waals surface area contributed by atoms with Crippen LogP contribution in [0.15, 0.2) is 4.99 Å². The second-order valence-corrected chi connectivity index (χ2v) is 11.3. The fourth-order valence-electron chi connectivity index (χ4n) is 5.98. The van der Waals surface area contributed by atoms with Crippen LogP contribution in [0.5, 0.6) is 0 Å². The highest BCUT2D eigenvalue weighted by molar-refractivity contribution is 5.94. The Balaban J connectivity index is 2.13. The molecule has 2 fully saturated rings. The van der Waals surface area contributed by atoms with Gasteiger partial charge in [-0.05, 0) is 64.3 Å². The van der Waals surface area contributed by atoms with E-state index in [1.165, 1.54) is 43.5 Å². The van der Waals surface area contributed by atoms with Crippen LogP contribution in [-0.2, 0) is 14.3 Å². The zero-order chi connectivity index (χ0) is 29.4. The lowest BCUT2D eigenvalue weighted by Gasteiger charge is -2.33. The van der Waals surface area contributed by atoms with E-state index in [1.54, 1.807) is 11.8 Å². The molecule has 6 N–H and O–H groups in total. The highest BCUT2D eigenvalue weighted by atomic mass is 16.6. The Morgan fingerprint density at radius 2 is 1.88 bits per heavy atom. The van der Waals surface area contributed by atoms with Crippen LogP contribution >= 0.6 is 0 Å². The fraction of sp³-hybridized carbons (Fsp3) is 0.862. The number of nitrogens with two attached hydrogens (primary N) is 2. The van der Waals surface area contributed by atoms with Crippen LogP contribution in [0.2, 0.25) is 0 Å². The molecule has 0 aromatic carbocycles. The highest BCUT2D eigenvalue weighted by Crippen LogP contribution is 2.32. The Morgan fingerprint density at radius 3 is 2.52 bits per heavy atom. The molecule has 1 aliphatic carbocycles. The molecule has 0 radical (unpaired) electrons. The summed E-state index contributed by atoms with van der Waals surface area (Å²) in [5.41, 5.74) is 13.0. The van der Waals surface area contributed by atoms with Gasteiger partial charge in [0.15, 0.2) is 5.96 Å². The van der Waals surface area contributed by atoms with Gasteiger partial charge in [-0.2, -0.15) is 0 Å². The zero-order valence-electron chi connectivity index (χ0n) is 25.2. The molecule has 1 saturated heterocycles. The summed E-state index contributed by atoms with van der Waals surface area (Å²) >= 11 is 0. The number of nitrogens with one attached hydrogen (secondary N) is 2. The van der Waals surface area contributed by atoms with Gasteiger partial charge < -0.3 is 26.4 Å². The van der Waals surface area contributed by atoms with Gasteiger partial charge in [-0.15, -0.1) is 0 Å². The predicted octanol–water partition coefficient (Wildman–Crippen LogP) is 3.42. The molecule has 0 aromatic rings. The summed E-state index contributed by atoms with van der Waals surface area (Å²) in [7, 11) is 0. The Hall–Kier alpha value is -2.56. The first-order chi connectivity index (χ1) is 19.3. The number of amides is 3. The lowest BCUT2D eigenvalue weighted by Crippen LogP contribution is -2.58. The van der Waals surface area contributed by atoms with Gasteiger partial charge in [0.25, 0.3) is 5.91 Å². The van der Waals surface area contributed by atoms with Gasteiger partial charge in [0.1, 0.15) is 6.04 Å². The van der Waals surface area contributed by atoms with Crippen LogP contribution in [-0.4, -0.2) is 78.1 Å². The number of likely N-dealkylation sites (tertiary alicyclic amines) is 1. The molecule has 0 spiro atoms. The van der Waals surface area contributed by atoms with Crippen molar-refractivity contribution >= 4 is 23.9 Å². The lowest BCUT2D eigenvalue weighted by molar-refractivity contribution is -0.143. The van der Waals surface area contributed by atoms with E-state index in [2.05, 4.69) is 15.7 Å². The van der Waals surface area contributed by atoms with E-state index in [9.17, 15) is 14.4 Å². The minimum absolute atomic E-state index is 0.0442. The number of hydrazine groups is 1. The number of aliphatic imine (C=N–C) groups is 1. The maximum Gasteiger partial charge on any atom is 0.428 e. The lowest BCUT2D eigenvalue weighted by atomic mass is 9.86. The molecular formula is C29H55N7O4. The van der Waals surface area contributed by atoms with Crippen LogP contribution in [0.3, 0.4) is 0 Å². The van der Waals surface area contributed by atoms with E-state index < -0.39 is 17.7 Å². The number of hydrogen-bond acceptors (Lipinski definition) is 6. The summed E-state index contributed by atoms with van der Waals surface area (Å²) in [5.74, 6) is 0.423. The molecule has 2 aliphatic rings. The largest absolute Gasteiger partial charge is 0.448 e. The monoisotopic (exact) mass is 565 g/mol. The third kappa shape index (κ3) is 10.4. The standard InChI is InChI=1S/C29H55N7O4/c1-4-7-21-36(28(39)40-6-3)34-25(37)24(13-5-2)35-22-18-29(26(35)38,17-12-19-32-27(30)31)33-20-11-16-23-14-9-8-10-15-23/h23-24,33H,4-22H2,1-3H3,(H,34,37)(H4,30,31,32)/t24-,29+/m0/s1. The Kier molecular flexibility index (Phi) is 15.1. The number of unbranched alkanes of at least 4 members (excludes halogenated alkanes) is 1. The van der Waals surface area contributed by atoms with Crippen LogP contribution in [0.1, 0.15) is 111 Å². The van der Waals surface area contributed by atoms with Crippen molar-refractivity contribution in [3.05, 3.63) is 0 Å². The number of guanidine groups is 1. The second kappa shape index (κ2) is 18.0. The molecule has 2 atom stereocenters. The second-order valence-electron chi connectivity index (χ2n) is 11.3. The molecule has 40 heavy (non-hydrogen) atoms. The third-order valence-corrected chi connectivity index (χ3v) is 8.19. The van der Waals surface area contributed by atoms with Crippen molar-refractivity contribution in [1.29, 1.82) is 0 Å². The van der Waals surface area contributed by atoms with E-state index in [4.69, 9.17) is 16.2 Å². The molecule has 2 rings (SSSR count). The van der Waals surface area contributed by atoms with E-state index >= 15 is 0 Å². The van der Waals surface area contributed by atoms with Gasteiger partial charge in [0.05, 0.1) is 12.1 Å². The summed E-state index contributed by atoms with van der Waals surface area (Å²) in [6.45, 7) is 8.00. The topological polar surface area (TPSA) is 155 Å². The molecule has 0 unspecified atom stereocenters. The van der Waals surface area contributed by atoms with Crippen molar-refractivity contribution in [2.24, 2.45) is 22.4 Å². The van der Waals surface area contributed by atoms with Crippen molar-refractivity contribution in [2.75, 3.05) is 32.8 Å². The number of carbonyl (C=O) groups is 3. The maximum atomic E-state index is 14.1. The Labute approximate surface area is 241 Å². The zero-order valence-corrected chi connectivity index (χ0v) is 25.2. The average Bonchev–Trinajstić information content (AvgIpc) is 3.26. The normalized spacial score (nSPS) is 20.3. The molecule has 230 valence electrons. The molecule has 1 heterocycles. The van der Waals surface area contributed by atoms with Crippen LogP contribution in [0.4, 0.5) is 4.79 Å². The summed E-state index contributed by atoms with van der Waals surface area (Å²) in [6.07, 6.45) is 12.9. The first-order valence-corrected chi connectivity index (χ1v) is 15.6. The van der Waals surface area contributed by atoms with Gasteiger partial charge in [-0.25, -0.2) is 9.80 Å². The SMILES string of the molecule is CCCCN(NC(=O)[C@H](CCC)N1CC[C@@](CCCN=C(N)N)(NCCCC2CCCCC2)C1=O)C(=O)OCC. The Bertz CT molecular complexity index is 814. The molecule has 11 nitrogen and oxygen atoms in total. The third-order valence-electron chi connectivity index (χ3n) is 8.19. The van der Waals surface area contributed by atoms with Gasteiger partial charge in [-0.3, -0.25) is 20.0 Å². The molecule has 0 bridgehead atoms. The van der Waals surface area contributed by atoms with Crippen molar-refractivity contribution < 1.29 is 19.1 Å². The van der Waals surface area contributed by atoms with Gasteiger partial charge in [-0.1, -0.05) is 58.8 Å². The van der Waals surface area contributed by atoms with E-state index in [0.29, 0.717) is 45.3 Å². The predicted molar refractivity (Wildman–Crippen MR) is 158 cm³/mol. The van der Waals surface area contributed by atoms with Crippen molar-refractivity contribution in [2.45, 2.75) is 122 Å². The summed E-state index contributed by atoms with van der Waals surface area (Å²) < 4.78 is 5.15. The minimum Gasteiger partial charge on any atom is -0.448 e. The van der Waals surface area contributed by atoms with Gasteiger partial charge in [0, 0.05) is 19.6 Å². The van der Waals surface area contributed by atoms with E-state index in [0.717, 1.165) is 38.1 Å². The minimum atomic E-state index is -0.749. The van der Waals surface area contributed by atoms with Crippen molar-refractivity contribution in [3.63, 3.8) is 0 Å². The Morgan fingerprint density at radius 1 is 1.12 bits per heavy atom. The number of carbonyl (C=O) groups excluding carboxylic acids is 3. The maximum absolute atomic E-state index is 14.1. The smallest absolute Gasteiger partial charge is 0.428 e. The van der Waals surface area contributed by atoms with Gasteiger partial charge in [0.2, 0.25) is 5.91 Å². The van der Waals surface area contributed by atoms with Crippen LogP contribution in [0.25, 0.3) is 0 Å². The van der Waals surface area contributed by atoms with Crippen LogP contribution in [0, 0.1) is 5.92 Å². The molecule has 3 amide bonds. The van der Waals surface area contributed by atoms with Crippen molar-refractivity contribution in [1.82, 2.24) is 20.7 Å². The molecule has 1 aliphatic heterocycles. The fourth-order valence-corrected chi connectivity index (χ4v) is 5.98. The van der Waals surface area contributed by atoms with Crippen molar-refractivity contribution in [3.8, 4) is 0 Å². The molecule has 0 aromatic heterocycles. The van der Waals surface area contributed by atoms with E-state index in [-0.39, 0.29) is 24.4 Å². The molecule has 1 saturated carbocycles. The summed E-state index contributed by atoms with van der Waals surface area (Å²) in [5, 5.41) is 4.86. The highest BCUT2D eigenvalue weighted by Gasteiger charge is 2.49. The quantitative estimate of drug-likeness (QED) is 0.0911. The number of ether oxygens (including phenoxy) is 1. The van der Waals surface area contributed by atoms with E-state index in [1.807, 2.05) is 13.8 Å². The van der Waals surface area contributed by atoms with Gasteiger partial charge >= 0.3 is 6.09 Å². The number of nitrogens with zero attached hydrogens (tertiary/aromatic N) is 3.